The largest absolute Gasteiger partial charge is 0.355 e. The molecule has 0 saturated heterocycles. The van der Waals surface area contributed by atoms with Gasteiger partial charge in [0, 0.05) is 19.3 Å². The number of nitrogens with one attached hydrogen (secondary N) is 2. The van der Waals surface area contributed by atoms with E-state index >= 15 is 0 Å². The zero-order valence-electron chi connectivity index (χ0n) is 9.18. The molecule has 0 aromatic carbocycles. The molecule has 1 unspecified atom stereocenters. The maximum Gasteiger partial charge on any atom is 0.234 e. The van der Waals surface area contributed by atoms with Gasteiger partial charge in [0.05, 0.1) is 24.8 Å². The molecule has 0 fully saturated rings. The lowest BCUT2D eigenvalue weighted by molar-refractivity contribution is -0.122. The van der Waals surface area contributed by atoms with Gasteiger partial charge in [-0.05, 0) is 6.92 Å². The minimum absolute atomic E-state index is 0.0291. The number of hydrogen-bond acceptors (Lipinski definition) is 5. The molecule has 2 rings (SSSR count). The minimum Gasteiger partial charge on any atom is -0.355 e. The van der Waals surface area contributed by atoms with Gasteiger partial charge in [0.2, 0.25) is 5.91 Å². The van der Waals surface area contributed by atoms with Gasteiger partial charge in [-0.2, -0.15) is 0 Å². The van der Waals surface area contributed by atoms with Crippen LogP contribution >= 0.6 is 0 Å². The highest BCUT2D eigenvalue weighted by atomic mass is 16.2. The predicted molar refractivity (Wildman–Crippen MR) is 62.2 cm³/mol. The molecule has 86 valence electrons. The molecule has 2 aliphatic heterocycles. The number of rotatable bonds is 3. The van der Waals surface area contributed by atoms with Crippen molar-refractivity contribution >= 4 is 18.5 Å². The Kier molecular flexibility index (Phi) is 3.31. The second-order valence-corrected chi connectivity index (χ2v) is 3.60. The zero-order chi connectivity index (χ0) is 11.4. The van der Waals surface area contributed by atoms with Crippen molar-refractivity contribution in [2.45, 2.75) is 13.1 Å². The number of carbonyl (C=O) groups excluding carboxylic acids is 1. The van der Waals surface area contributed by atoms with E-state index < -0.39 is 0 Å². The number of amides is 1. The Labute approximate surface area is 94.1 Å². The fraction of sp³-hybridized carbons (Fsp3) is 0.500. The molecule has 0 aliphatic carbocycles. The summed E-state index contributed by atoms with van der Waals surface area (Å²) in [6, 6.07) is 0. The summed E-state index contributed by atoms with van der Waals surface area (Å²) in [6.45, 7) is 3.60. The van der Waals surface area contributed by atoms with Gasteiger partial charge in [-0.3, -0.25) is 14.7 Å². The first-order chi connectivity index (χ1) is 7.81. The number of aliphatic imine (C=N–C) groups is 2. The van der Waals surface area contributed by atoms with Gasteiger partial charge in [-0.15, -0.1) is 0 Å². The van der Waals surface area contributed by atoms with Crippen LogP contribution in [0.15, 0.2) is 21.9 Å². The summed E-state index contributed by atoms with van der Waals surface area (Å²) in [5, 5.41) is 5.87. The van der Waals surface area contributed by atoms with E-state index in [9.17, 15) is 4.79 Å². The Balaban J connectivity index is 2.01. The van der Waals surface area contributed by atoms with Crippen molar-refractivity contribution in [1.29, 1.82) is 0 Å². The first kappa shape index (κ1) is 10.8. The zero-order valence-corrected chi connectivity index (χ0v) is 9.18. The van der Waals surface area contributed by atoms with E-state index in [1.54, 1.807) is 18.8 Å². The van der Waals surface area contributed by atoms with Crippen molar-refractivity contribution in [3.63, 3.8) is 0 Å². The van der Waals surface area contributed by atoms with E-state index in [0.717, 1.165) is 5.70 Å². The third-order valence-corrected chi connectivity index (χ3v) is 2.44. The molecule has 2 heterocycles. The average Bonchev–Trinajstić information content (AvgIpc) is 2.30. The summed E-state index contributed by atoms with van der Waals surface area (Å²) < 4.78 is 0. The summed E-state index contributed by atoms with van der Waals surface area (Å²) in [6.07, 6.45) is 5.09. The van der Waals surface area contributed by atoms with Crippen LogP contribution in [0.1, 0.15) is 6.92 Å². The second kappa shape index (κ2) is 4.89. The maximum atomic E-state index is 11.5. The average molecular weight is 221 g/mol. The van der Waals surface area contributed by atoms with E-state index in [0.29, 0.717) is 19.6 Å². The molecule has 0 radical (unpaired) electrons. The molecule has 0 aromatic rings. The van der Waals surface area contributed by atoms with Crippen LogP contribution in [0.3, 0.4) is 0 Å². The minimum atomic E-state index is -0.0369. The molecule has 2 aliphatic rings. The number of hydrogen-bond donors (Lipinski definition) is 2. The van der Waals surface area contributed by atoms with Crippen LogP contribution in [0, 0.1) is 0 Å². The quantitative estimate of drug-likeness (QED) is 0.662. The molecule has 0 saturated carbocycles. The summed E-state index contributed by atoms with van der Waals surface area (Å²) in [5.41, 5.74) is 0.845. The monoisotopic (exact) mass is 221 g/mol. The van der Waals surface area contributed by atoms with Crippen LogP contribution in [0.2, 0.25) is 0 Å². The summed E-state index contributed by atoms with van der Waals surface area (Å²) in [7, 11) is 0. The van der Waals surface area contributed by atoms with Gasteiger partial charge >= 0.3 is 0 Å². The van der Waals surface area contributed by atoms with Gasteiger partial charge in [0.25, 0.3) is 0 Å². The highest BCUT2D eigenvalue weighted by molar-refractivity contribution is 5.79. The van der Waals surface area contributed by atoms with E-state index in [-0.39, 0.29) is 12.1 Å². The third kappa shape index (κ3) is 2.27. The van der Waals surface area contributed by atoms with E-state index in [4.69, 9.17) is 0 Å². The van der Waals surface area contributed by atoms with Crippen LogP contribution in [-0.2, 0) is 4.79 Å². The van der Waals surface area contributed by atoms with Crippen molar-refractivity contribution in [3.05, 3.63) is 11.9 Å². The molecule has 6 heteroatoms. The van der Waals surface area contributed by atoms with Crippen LogP contribution < -0.4 is 10.6 Å². The molecule has 1 amide bonds. The van der Waals surface area contributed by atoms with E-state index in [2.05, 4.69) is 20.6 Å². The normalized spacial score (nSPS) is 23.3. The smallest absolute Gasteiger partial charge is 0.234 e. The standard InChI is InChI=1S/C10H15N5O/c1-2-12-9(16)6-15-4-3-13-8-5-11-7-14-10(8)15/h3,5,7,10H,2,4,6H2,1H3,(H,11,14)(H,12,16). The van der Waals surface area contributed by atoms with Gasteiger partial charge in [0.15, 0.2) is 0 Å². The summed E-state index contributed by atoms with van der Waals surface area (Å²) >= 11 is 0. The molecule has 16 heavy (non-hydrogen) atoms. The molecule has 2 N–H and O–H groups in total. The second-order valence-electron chi connectivity index (χ2n) is 3.60. The van der Waals surface area contributed by atoms with Crippen LogP contribution in [-0.4, -0.2) is 49.2 Å². The molecule has 0 spiro atoms. The number of likely N-dealkylation sites (N-methyl/N-ethyl adjacent to an activating group) is 1. The van der Waals surface area contributed by atoms with Crippen molar-refractivity contribution in [1.82, 2.24) is 15.5 Å². The maximum absolute atomic E-state index is 11.5. The third-order valence-electron chi connectivity index (χ3n) is 2.44. The predicted octanol–water partition coefficient (Wildman–Crippen LogP) is -0.692. The number of nitrogens with zero attached hydrogens (tertiary/aromatic N) is 3. The fourth-order valence-electron chi connectivity index (χ4n) is 1.73. The summed E-state index contributed by atoms with van der Waals surface area (Å²) in [5.74, 6) is 0.0291. The molecule has 6 nitrogen and oxygen atoms in total. The summed E-state index contributed by atoms with van der Waals surface area (Å²) in [4.78, 5) is 21.7. The van der Waals surface area contributed by atoms with Gasteiger partial charge in [-0.25, -0.2) is 4.99 Å². The number of fused-ring (bicyclic) bond motifs is 1. The van der Waals surface area contributed by atoms with Crippen LogP contribution in [0.4, 0.5) is 0 Å². The Morgan fingerprint density at radius 1 is 1.75 bits per heavy atom. The van der Waals surface area contributed by atoms with E-state index in [1.165, 1.54) is 0 Å². The Morgan fingerprint density at radius 2 is 2.62 bits per heavy atom. The fourth-order valence-corrected chi connectivity index (χ4v) is 1.73. The highest BCUT2D eigenvalue weighted by Crippen LogP contribution is 2.14. The van der Waals surface area contributed by atoms with E-state index in [1.807, 2.05) is 11.8 Å². The Hall–Kier alpha value is -1.69. The number of carbonyl (C=O) groups is 1. The van der Waals surface area contributed by atoms with Crippen molar-refractivity contribution in [2.24, 2.45) is 9.98 Å². The first-order valence-corrected chi connectivity index (χ1v) is 5.32. The van der Waals surface area contributed by atoms with Gasteiger partial charge < -0.3 is 10.6 Å². The SMILES string of the molecule is CCNC(=O)CN1CC=NC2=CN=CNC21. The van der Waals surface area contributed by atoms with Crippen LogP contribution in [0.25, 0.3) is 0 Å². The van der Waals surface area contributed by atoms with Crippen LogP contribution in [0.5, 0.6) is 0 Å². The van der Waals surface area contributed by atoms with Crippen molar-refractivity contribution in [2.75, 3.05) is 19.6 Å². The molecular formula is C10H15N5O. The van der Waals surface area contributed by atoms with Gasteiger partial charge in [0.1, 0.15) is 6.17 Å². The van der Waals surface area contributed by atoms with Crippen molar-refractivity contribution < 1.29 is 4.79 Å². The first-order valence-electron chi connectivity index (χ1n) is 5.32. The lowest BCUT2D eigenvalue weighted by Gasteiger charge is -2.33. The molecular weight excluding hydrogens is 206 g/mol. The molecule has 0 bridgehead atoms. The molecule has 0 aromatic heterocycles. The Bertz CT molecular complexity index is 360. The highest BCUT2D eigenvalue weighted by Gasteiger charge is 2.26. The van der Waals surface area contributed by atoms with Crippen molar-refractivity contribution in [3.8, 4) is 0 Å². The lowest BCUT2D eigenvalue weighted by atomic mass is 10.2. The lowest BCUT2D eigenvalue weighted by Crippen LogP contribution is -2.53. The Morgan fingerprint density at radius 3 is 3.44 bits per heavy atom. The molecule has 1 atom stereocenters. The van der Waals surface area contributed by atoms with Gasteiger partial charge in [-0.1, -0.05) is 0 Å². The topological polar surface area (TPSA) is 69.1 Å².